The number of rotatable bonds is 27. The summed E-state index contributed by atoms with van der Waals surface area (Å²) in [5.74, 6) is -0.404. The standard InChI is InChI=1S/C38H64N10O3/c1-42-34(20-13-23-46(3)38(41)43-2)37(51)45-22-14-25-48(30-32-18-9-5-10-19-32)27-15-26-47(29-31-16-7-4-8-17-31)24-12-6-11-21-44-36(50)33(39)28-35(40)49/h4-5,7-10,16-19,33-34,42H,6,11-15,20-30,39H2,1-3H3,(H2,40,49)(H2,41,43)(H,44,50)(H,45,51)/t33-,34?/m0/s1. The molecule has 13 nitrogen and oxygen atoms in total. The highest BCUT2D eigenvalue weighted by atomic mass is 16.2. The molecule has 51 heavy (non-hydrogen) atoms. The van der Waals surface area contributed by atoms with Crippen molar-refractivity contribution in [2.75, 3.05) is 67.0 Å². The van der Waals surface area contributed by atoms with E-state index in [4.69, 9.17) is 17.2 Å². The third-order valence-corrected chi connectivity index (χ3v) is 8.88. The maximum Gasteiger partial charge on any atom is 0.237 e. The number of carbonyl (C=O) groups excluding carboxylic acids is 3. The summed E-state index contributed by atoms with van der Waals surface area (Å²) < 4.78 is 0. The summed E-state index contributed by atoms with van der Waals surface area (Å²) in [7, 11) is 5.40. The van der Waals surface area contributed by atoms with Crippen LogP contribution in [0.2, 0.25) is 0 Å². The summed E-state index contributed by atoms with van der Waals surface area (Å²) >= 11 is 0. The smallest absolute Gasteiger partial charge is 0.237 e. The number of benzene rings is 2. The van der Waals surface area contributed by atoms with Gasteiger partial charge in [0.25, 0.3) is 0 Å². The number of amides is 3. The first-order valence-electron chi connectivity index (χ1n) is 18.3. The Morgan fingerprint density at radius 1 is 0.706 bits per heavy atom. The van der Waals surface area contributed by atoms with E-state index in [0.29, 0.717) is 25.5 Å². The maximum atomic E-state index is 12.9. The Bertz CT molecular complexity index is 1280. The molecule has 0 heterocycles. The highest BCUT2D eigenvalue weighted by Gasteiger charge is 2.17. The summed E-state index contributed by atoms with van der Waals surface area (Å²) in [5, 5.41) is 9.10. The number of carbonyl (C=O) groups is 3. The topological polar surface area (TPSA) is 187 Å². The largest absolute Gasteiger partial charge is 0.370 e. The molecule has 1 unspecified atom stereocenters. The third-order valence-electron chi connectivity index (χ3n) is 8.88. The average molecular weight is 709 g/mol. The number of unbranched alkanes of at least 4 members (excludes halogenated alkanes) is 2. The molecule has 9 N–H and O–H groups in total. The molecule has 0 aromatic heterocycles. The number of primary amides is 1. The Labute approximate surface area is 305 Å². The predicted molar refractivity (Wildman–Crippen MR) is 207 cm³/mol. The van der Waals surface area contributed by atoms with Crippen LogP contribution in [0, 0.1) is 0 Å². The molecule has 2 aromatic carbocycles. The van der Waals surface area contributed by atoms with Gasteiger partial charge in [-0.05, 0) is 76.3 Å². The Morgan fingerprint density at radius 3 is 1.78 bits per heavy atom. The van der Waals surface area contributed by atoms with Gasteiger partial charge in [0.15, 0.2) is 5.96 Å². The average Bonchev–Trinajstić information content (AvgIpc) is 3.12. The number of hydrogen-bond donors (Lipinski definition) is 6. The van der Waals surface area contributed by atoms with Gasteiger partial charge in [-0.25, -0.2) is 0 Å². The lowest BCUT2D eigenvalue weighted by atomic mass is 10.1. The van der Waals surface area contributed by atoms with E-state index in [1.165, 1.54) is 11.1 Å². The number of nitrogens with two attached hydrogens (primary N) is 3. The summed E-state index contributed by atoms with van der Waals surface area (Å²) in [6.45, 7) is 7.37. The van der Waals surface area contributed by atoms with Crippen molar-refractivity contribution in [2.45, 2.75) is 76.5 Å². The highest BCUT2D eigenvalue weighted by Crippen LogP contribution is 2.10. The van der Waals surface area contributed by atoms with Crippen LogP contribution in [0.4, 0.5) is 0 Å². The first kappa shape index (κ1) is 43.1. The van der Waals surface area contributed by atoms with Crippen LogP contribution in [0.3, 0.4) is 0 Å². The van der Waals surface area contributed by atoms with Crippen molar-refractivity contribution >= 4 is 23.7 Å². The summed E-state index contributed by atoms with van der Waals surface area (Å²) in [5.41, 5.74) is 19.3. The molecule has 2 rings (SSSR count). The fourth-order valence-corrected chi connectivity index (χ4v) is 5.89. The lowest BCUT2D eigenvalue weighted by Gasteiger charge is -2.26. The van der Waals surface area contributed by atoms with Crippen LogP contribution in [-0.4, -0.2) is 117 Å². The molecule has 0 saturated carbocycles. The third kappa shape index (κ3) is 19.2. The zero-order chi connectivity index (χ0) is 37.3. The van der Waals surface area contributed by atoms with Gasteiger partial charge in [-0.15, -0.1) is 0 Å². The van der Waals surface area contributed by atoms with Gasteiger partial charge >= 0.3 is 0 Å². The number of nitrogens with one attached hydrogen (secondary N) is 3. The van der Waals surface area contributed by atoms with E-state index in [1.54, 1.807) is 7.05 Å². The second-order valence-electron chi connectivity index (χ2n) is 13.1. The summed E-state index contributed by atoms with van der Waals surface area (Å²) in [6, 6.07) is 19.9. The quantitative estimate of drug-likeness (QED) is 0.0456. The number of likely N-dealkylation sites (N-methyl/N-ethyl adjacent to an activating group) is 1. The molecular formula is C38H64N10O3. The zero-order valence-electron chi connectivity index (χ0n) is 31.2. The van der Waals surface area contributed by atoms with Gasteiger partial charge in [0.2, 0.25) is 17.7 Å². The van der Waals surface area contributed by atoms with E-state index in [1.807, 2.05) is 31.1 Å². The van der Waals surface area contributed by atoms with Crippen LogP contribution < -0.4 is 33.2 Å². The Balaban J connectivity index is 1.85. The van der Waals surface area contributed by atoms with Gasteiger partial charge in [0, 0.05) is 53.4 Å². The first-order valence-corrected chi connectivity index (χ1v) is 18.3. The Hall–Kier alpha value is -4.04. The lowest BCUT2D eigenvalue weighted by molar-refractivity contribution is -0.126. The Kier molecular flexibility index (Phi) is 21.9. The van der Waals surface area contributed by atoms with Crippen LogP contribution >= 0.6 is 0 Å². The molecule has 3 amide bonds. The second-order valence-corrected chi connectivity index (χ2v) is 13.1. The molecule has 13 heteroatoms. The van der Waals surface area contributed by atoms with Crippen LogP contribution in [0.5, 0.6) is 0 Å². The molecule has 0 saturated heterocycles. The molecule has 0 fully saturated rings. The van der Waals surface area contributed by atoms with Gasteiger partial charge in [0.05, 0.1) is 18.5 Å². The highest BCUT2D eigenvalue weighted by molar-refractivity contribution is 5.87. The number of nitrogens with zero attached hydrogens (tertiary/aromatic N) is 4. The van der Waals surface area contributed by atoms with Gasteiger partial charge in [0.1, 0.15) is 0 Å². The van der Waals surface area contributed by atoms with E-state index in [9.17, 15) is 14.4 Å². The molecule has 2 atom stereocenters. The molecule has 0 bridgehead atoms. The van der Waals surface area contributed by atoms with Crippen molar-refractivity contribution in [2.24, 2.45) is 22.2 Å². The van der Waals surface area contributed by atoms with Crippen LogP contribution in [0.1, 0.15) is 62.5 Å². The van der Waals surface area contributed by atoms with Crippen molar-refractivity contribution in [3.05, 3.63) is 71.8 Å². The number of aliphatic imine (C=N–C) groups is 1. The number of guanidine groups is 1. The van der Waals surface area contributed by atoms with Crippen LogP contribution in [0.15, 0.2) is 65.7 Å². The van der Waals surface area contributed by atoms with E-state index < -0.39 is 11.9 Å². The van der Waals surface area contributed by atoms with Crippen molar-refractivity contribution in [3.8, 4) is 0 Å². The van der Waals surface area contributed by atoms with Crippen molar-refractivity contribution in [1.29, 1.82) is 0 Å². The lowest BCUT2D eigenvalue weighted by Crippen LogP contribution is -2.44. The summed E-state index contributed by atoms with van der Waals surface area (Å²) in [4.78, 5) is 46.9. The predicted octanol–water partition coefficient (Wildman–Crippen LogP) is 1.62. The van der Waals surface area contributed by atoms with Crippen LogP contribution in [0.25, 0.3) is 0 Å². The molecule has 0 aliphatic carbocycles. The molecule has 0 aliphatic rings. The van der Waals surface area contributed by atoms with Crippen molar-refractivity contribution in [1.82, 2.24) is 30.7 Å². The molecule has 0 aliphatic heterocycles. The zero-order valence-corrected chi connectivity index (χ0v) is 31.2. The molecule has 0 radical (unpaired) electrons. The van der Waals surface area contributed by atoms with Crippen LogP contribution in [-0.2, 0) is 27.5 Å². The minimum absolute atomic E-state index is 0.0255. The fraction of sp³-hybridized carbons (Fsp3) is 0.579. The Morgan fingerprint density at radius 2 is 1.24 bits per heavy atom. The fourth-order valence-electron chi connectivity index (χ4n) is 5.89. The normalized spacial score (nSPS) is 12.9. The summed E-state index contributed by atoms with van der Waals surface area (Å²) in [6.07, 6.45) is 6.08. The van der Waals surface area contributed by atoms with E-state index in [0.717, 1.165) is 84.3 Å². The van der Waals surface area contributed by atoms with Gasteiger partial charge in [-0.2, -0.15) is 0 Å². The minimum Gasteiger partial charge on any atom is -0.370 e. The molecule has 2 aromatic rings. The number of hydrogen-bond acceptors (Lipinski definition) is 8. The van der Waals surface area contributed by atoms with Gasteiger partial charge < -0.3 is 38.1 Å². The minimum atomic E-state index is -0.898. The molecular weight excluding hydrogens is 644 g/mol. The van der Waals surface area contributed by atoms with E-state index in [-0.39, 0.29) is 24.3 Å². The van der Waals surface area contributed by atoms with Gasteiger partial charge in [-0.1, -0.05) is 67.1 Å². The SMILES string of the molecule is CN=C(N)N(C)CCCC(NC)C(=O)NCCCN(CCCN(CCCCCNC(=O)[C@@H](N)CC(N)=O)Cc1ccccc1)Cc1ccccc1. The second kappa shape index (κ2) is 25.8. The molecule has 0 spiro atoms. The first-order chi connectivity index (χ1) is 24.6. The maximum absolute atomic E-state index is 12.9. The van der Waals surface area contributed by atoms with Crippen molar-refractivity contribution in [3.63, 3.8) is 0 Å². The molecule has 284 valence electrons. The van der Waals surface area contributed by atoms with Crippen molar-refractivity contribution < 1.29 is 14.4 Å². The monoisotopic (exact) mass is 709 g/mol. The van der Waals surface area contributed by atoms with E-state index >= 15 is 0 Å². The van der Waals surface area contributed by atoms with E-state index in [2.05, 4.69) is 79.3 Å². The van der Waals surface area contributed by atoms with Gasteiger partial charge in [-0.3, -0.25) is 29.2 Å².